The molecule has 0 bridgehead atoms. The van der Waals surface area contributed by atoms with Crippen molar-refractivity contribution in [3.63, 3.8) is 0 Å². The third-order valence-corrected chi connectivity index (χ3v) is 4.15. The van der Waals surface area contributed by atoms with Gasteiger partial charge in [-0.3, -0.25) is 0 Å². The molecule has 4 aromatic rings. The van der Waals surface area contributed by atoms with Crippen molar-refractivity contribution >= 4 is 17.6 Å². The molecule has 0 aliphatic rings. The van der Waals surface area contributed by atoms with Gasteiger partial charge in [0.05, 0.1) is 5.69 Å². The van der Waals surface area contributed by atoms with E-state index in [4.69, 9.17) is 0 Å². The van der Waals surface area contributed by atoms with Gasteiger partial charge in [-0.25, -0.2) is 4.68 Å². The van der Waals surface area contributed by atoms with Crippen LogP contribution in [0.5, 0.6) is 0 Å². The fraction of sp³-hybridized carbons (Fsp3) is 0.143. The first kappa shape index (κ1) is 17.7. The van der Waals surface area contributed by atoms with Crippen molar-refractivity contribution in [2.75, 3.05) is 10.6 Å². The summed E-state index contributed by atoms with van der Waals surface area (Å²) in [5, 5.41) is 11.0. The van der Waals surface area contributed by atoms with E-state index in [-0.39, 0.29) is 0 Å². The van der Waals surface area contributed by atoms with Gasteiger partial charge in [0.1, 0.15) is 0 Å². The van der Waals surface area contributed by atoms with Crippen LogP contribution in [0.25, 0.3) is 5.95 Å². The Morgan fingerprint density at radius 2 is 1.50 bits per heavy atom. The van der Waals surface area contributed by atoms with Crippen LogP contribution in [0.2, 0.25) is 0 Å². The maximum absolute atomic E-state index is 4.56. The van der Waals surface area contributed by atoms with E-state index in [1.54, 1.807) is 4.68 Å². The molecule has 0 aliphatic heterocycles. The van der Waals surface area contributed by atoms with Gasteiger partial charge >= 0.3 is 0 Å². The number of benzene rings is 2. The molecule has 0 saturated heterocycles. The Balaban J connectivity index is 1.67. The van der Waals surface area contributed by atoms with Crippen LogP contribution in [0, 0.1) is 13.8 Å². The summed E-state index contributed by atoms with van der Waals surface area (Å²) < 4.78 is 1.72. The summed E-state index contributed by atoms with van der Waals surface area (Å²) in [5.41, 5.74) is 3.92. The van der Waals surface area contributed by atoms with E-state index >= 15 is 0 Å². The lowest BCUT2D eigenvalue weighted by molar-refractivity contribution is 0.766. The van der Waals surface area contributed by atoms with Crippen LogP contribution in [-0.4, -0.2) is 24.7 Å². The molecule has 0 radical (unpaired) electrons. The molecule has 0 aliphatic carbocycles. The smallest absolute Gasteiger partial charge is 0.257 e. The maximum atomic E-state index is 4.56. The van der Waals surface area contributed by atoms with Crippen LogP contribution in [0.3, 0.4) is 0 Å². The summed E-state index contributed by atoms with van der Waals surface area (Å²) >= 11 is 0. The number of nitrogens with one attached hydrogen (secondary N) is 2. The van der Waals surface area contributed by atoms with E-state index < -0.39 is 0 Å². The van der Waals surface area contributed by atoms with Crippen molar-refractivity contribution < 1.29 is 0 Å². The van der Waals surface area contributed by atoms with Crippen LogP contribution in [0.4, 0.5) is 17.6 Å². The second-order valence-electron chi connectivity index (χ2n) is 6.45. The summed E-state index contributed by atoms with van der Waals surface area (Å²) in [7, 11) is 0. The van der Waals surface area contributed by atoms with E-state index in [9.17, 15) is 0 Å². The Hall–Kier alpha value is -3.74. The maximum Gasteiger partial charge on any atom is 0.257 e. The van der Waals surface area contributed by atoms with Crippen molar-refractivity contribution in [1.29, 1.82) is 0 Å². The van der Waals surface area contributed by atoms with Crippen LogP contribution in [0.1, 0.15) is 17.0 Å². The first-order valence-electron chi connectivity index (χ1n) is 9.07. The van der Waals surface area contributed by atoms with Gasteiger partial charge in [0.15, 0.2) is 0 Å². The minimum absolute atomic E-state index is 0.458. The van der Waals surface area contributed by atoms with Gasteiger partial charge in [-0.1, -0.05) is 48.5 Å². The minimum Gasteiger partial charge on any atom is -0.350 e. The van der Waals surface area contributed by atoms with Gasteiger partial charge < -0.3 is 10.6 Å². The Morgan fingerprint density at radius 3 is 2.18 bits per heavy atom. The largest absolute Gasteiger partial charge is 0.350 e. The molecule has 0 saturated carbocycles. The second kappa shape index (κ2) is 7.87. The SMILES string of the molecule is Cc1cc(C)n(-c2nc(NCc3ccccc3)nc(Nc3ccccc3)n2)n1. The van der Waals surface area contributed by atoms with E-state index in [0.717, 1.165) is 22.6 Å². The fourth-order valence-corrected chi connectivity index (χ4v) is 2.85. The zero-order chi connectivity index (χ0) is 19.3. The molecular formula is C21H21N7. The summed E-state index contributed by atoms with van der Waals surface area (Å²) in [5.74, 6) is 1.41. The molecule has 4 rings (SSSR count). The van der Waals surface area contributed by atoms with Crippen LogP contribution < -0.4 is 10.6 Å². The number of hydrogen-bond donors (Lipinski definition) is 2. The number of nitrogens with zero attached hydrogens (tertiary/aromatic N) is 5. The highest BCUT2D eigenvalue weighted by Crippen LogP contribution is 2.17. The lowest BCUT2D eigenvalue weighted by Gasteiger charge is -2.11. The fourth-order valence-electron chi connectivity index (χ4n) is 2.85. The molecule has 0 unspecified atom stereocenters. The quantitative estimate of drug-likeness (QED) is 0.533. The average molecular weight is 371 g/mol. The standard InChI is InChI=1S/C21H21N7/c1-15-13-16(2)28(27-15)21-25-19(22-14-17-9-5-3-6-10-17)24-20(26-21)23-18-11-7-4-8-12-18/h3-13H,14H2,1-2H3,(H2,22,23,24,25,26). The van der Waals surface area contributed by atoms with Crippen molar-refractivity contribution in [3.8, 4) is 5.95 Å². The van der Waals surface area contributed by atoms with Gasteiger partial charge in [-0.2, -0.15) is 20.1 Å². The number of aromatic nitrogens is 5. The topological polar surface area (TPSA) is 80.5 Å². The second-order valence-corrected chi connectivity index (χ2v) is 6.45. The van der Waals surface area contributed by atoms with Gasteiger partial charge in [0.2, 0.25) is 11.9 Å². The molecule has 2 heterocycles. The molecule has 0 amide bonds. The first-order chi connectivity index (χ1) is 13.7. The molecule has 0 atom stereocenters. The molecular weight excluding hydrogens is 350 g/mol. The summed E-state index contributed by atoms with van der Waals surface area (Å²) in [4.78, 5) is 13.6. The van der Waals surface area contributed by atoms with Crippen LogP contribution in [0.15, 0.2) is 66.7 Å². The normalized spacial score (nSPS) is 10.6. The third kappa shape index (κ3) is 4.15. The van der Waals surface area contributed by atoms with Gasteiger partial charge in [0, 0.05) is 17.9 Å². The summed E-state index contributed by atoms with van der Waals surface area (Å²) in [6, 6.07) is 21.9. The number of anilines is 3. The number of aryl methyl sites for hydroxylation is 2. The highest BCUT2D eigenvalue weighted by Gasteiger charge is 2.12. The Bertz CT molecular complexity index is 1060. The average Bonchev–Trinajstić information content (AvgIpc) is 3.06. The van der Waals surface area contributed by atoms with E-state index in [1.165, 1.54) is 0 Å². The molecule has 140 valence electrons. The number of hydrogen-bond acceptors (Lipinski definition) is 6. The third-order valence-electron chi connectivity index (χ3n) is 4.15. The molecule has 0 fully saturated rings. The van der Waals surface area contributed by atoms with E-state index in [0.29, 0.717) is 24.4 Å². The number of para-hydroxylation sites is 1. The first-order valence-corrected chi connectivity index (χ1v) is 9.07. The predicted molar refractivity (Wildman–Crippen MR) is 110 cm³/mol. The van der Waals surface area contributed by atoms with Gasteiger partial charge in [0.25, 0.3) is 5.95 Å². The van der Waals surface area contributed by atoms with Gasteiger partial charge in [-0.05, 0) is 37.6 Å². The van der Waals surface area contributed by atoms with Crippen molar-refractivity contribution in [1.82, 2.24) is 24.7 Å². The highest BCUT2D eigenvalue weighted by atomic mass is 15.4. The molecule has 28 heavy (non-hydrogen) atoms. The predicted octanol–water partition coefficient (Wildman–Crippen LogP) is 4.03. The molecule has 2 N–H and O–H groups in total. The van der Waals surface area contributed by atoms with Crippen LogP contribution in [-0.2, 0) is 6.54 Å². The van der Waals surface area contributed by atoms with E-state index in [2.05, 4.69) is 42.8 Å². The molecule has 7 nitrogen and oxygen atoms in total. The Labute approximate surface area is 163 Å². The summed E-state index contributed by atoms with van der Waals surface area (Å²) in [6.07, 6.45) is 0. The zero-order valence-electron chi connectivity index (χ0n) is 15.8. The molecule has 2 aromatic heterocycles. The van der Waals surface area contributed by atoms with Gasteiger partial charge in [-0.15, -0.1) is 0 Å². The van der Waals surface area contributed by atoms with E-state index in [1.807, 2.05) is 68.4 Å². The monoisotopic (exact) mass is 371 g/mol. The Kier molecular flexibility index (Phi) is 4.97. The lowest BCUT2D eigenvalue weighted by atomic mass is 10.2. The summed E-state index contributed by atoms with van der Waals surface area (Å²) in [6.45, 7) is 4.54. The zero-order valence-corrected chi connectivity index (χ0v) is 15.8. The lowest BCUT2D eigenvalue weighted by Crippen LogP contribution is -2.12. The molecule has 2 aromatic carbocycles. The Morgan fingerprint density at radius 1 is 0.821 bits per heavy atom. The minimum atomic E-state index is 0.458. The van der Waals surface area contributed by atoms with Crippen molar-refractivity contribution in [2.24, 2.45) is 0 Å². The van der Waals surface area contributed by atoms with Crippen molar-refractivity contribution in [2.45, 2.75) is 20.4 Å². The van der Waals surface area contributed by atoms with Crippen LogP contribution >= 0.6 is 0 Å². The molecule has 0 spiro atoms. The van der Waals surface area contributed by atoms with Crippen molar-refractivity contribution in [3.05, 3.63) is 83.7 Å². The number of rotatable bonds is 6. The highest BCUT2D eigenvalue weighted by molar-refractivity contribution is 5.54. The molecule has 7 heteroatoms.